The minimum absolute atomic E-state index is 0. The predicted molar refractivity (Wildman–Crippen MR) is 70.7 cm³/mol. The zero-order chi connectivity index (χ0) is 11.5. The third-order valence-corrected chi connectivity index (χ3v) is 4.36. The molecule has 5 heteroatoms. The van der Waals surface area contributed by atoms with E-state index >= 15 is 0 Å². The van der Waals surface area contributed by atoms with Crippen LogP contribution >= 0.6 is 35.0 Å². The molecule has 2 atom stereocenters. The molecule has 0 saturated carbocycles. The summed E-state index contributed by atoms with van der Waals surface area (Å²) in [5.74, 6) is 1.47. The fourth-order valence-corrected chi connectivity index (χ4v) is 3.02. The van der Waals surface area contributed by atoms with Gasteiger partial charge in [0.15, 0.2) is 0 Å². The minimum atomic E-state index is 0. The third-order valence-electron chi connectivity index (χ3n) is 2.45. The first-order valence-corrected chi connectivity index (χ1v) is 7.00. The van der Waals surface area contributed by atoms with Crippen LogP contribution in [-0.2, 0) is 10.5 Å². The first kappa shape index (κ1) is 17.2. The van der Waals surface area contributed by atoms with E-state index in [1.807, 2.05) is 24.8 Å². The van der Waals surface area contributed by atoms with Crippen molar-refractivity contribution in [3.8, 4) is 0 Å². The topological polar surface area (TPSA) is 9.23 Å². The summed E-state index contributed by atoms with van der Waals surface area (Å²) in [6.45, 7) is 4.09. The van der Waals surface area contributed by atoms with E-state index < -0.39 is 0 Å². The van der Waals surface area contributed by atoms with Crippen LogP contribution in [0.4, 0.5) is 0 Å². The van der Waals surface area contributed by atoms with Gasteiger partial charge >= 0.3 is 68.9 Å². The quantitative estimate of drug-likeness (QED) is 0.705. The molecule has 1 unspecified atom stereocenters. The van der Waals surface area contributed by atoms with Crippen LogP contribution in [0, 0.1) is 12.5 Å². The van der Waals surface area contributed by atoms with Crippen molar-refractivity contribution >= 4 is 35.0 Å². The maximum absolute atomic E-state index is 5.95. The van der Waals surface area contributed by atoms with Crippen molar-refractivity contribution in [1.29, 1.82) is 0 Å². The van der Waals surface area contributed by atoms with Crippen molar-refractivity contribution in [2.45, 2.75) is 24.5 Å². The second kappa shape index (κ2) is 8.45. The second-order valence-electron chi connectivity index (χ2n) is 3.97. The molecule has 1 aliphatic rings. The monoisotopic (exact) mass is 408 g/mol. The number of benzene rings is 1. The Bertz CT molecular complexity index is 376. The molecule has 1 saturated heterocycles. The van der Waals surface area contributed by atoms with Gasteiger partial charge in [-0.3, -0.25) is 0 Å². The Morgan fingerprint density at radius 3 is 2.76 bits per heavy atom. The fourth-order valence-electron chi connectivity index (χ4n) is 1.56. The molecule has 2 rings (SSSR count). The Hall–Kier alpha value is 2.16. The molecule has 0 bridgehead atoms. The normalized spacial score (nSPS) is 23.5. The van der Waals surface area contributed by atoms with Crippen molar-refractivity contribution in [1.82, 2.24) is 0 Å². The Labute approximate surface area is 176 Å². The van der Waals surface area contributed by atoms with Crippen molar-refractivity contribution in [3.05, 3.63) is 40.4 Å². The average Bonchev–Trinajstić information content (AvgIpc) is 2.66. The molecule has 1 fully saturated rings. The van der Waals surface area contributed by atoms with Gasteiger partial charge in [-0.05, 0) is 24.1 Å². The molecule has 88 valence electrons. The molecule has 0 amide bonds. The summed E-state index contributed by atoms with van der Waals surface area (Å²) in [6, 6.07) is 5.76. The summed E-state index contributed by atoms with van der Waals surface area (Å²) in [5, 5.41) is 1.22. The number of rotatable bonds is 3. The van der Waals surface area contributed by atoms with E-state index in [9.17, 15) is 0 Å². The van der Waals surface area contributed by atoms with Crippen LogP contribution in [0.2, 0.25) is 10.0 Å². The van der Waals surface area contributed by atoms with Gasteiger partial charge in [0.1, 0.15) is 0 Å². The van der Waals surface area contributed by atoms with Crippen molar-refractivity contribution < 1.29 is 73.6 Å². The number of ether oxygens (including phenoxy) is 1. The summed E-state index contributed by atoms with van der Waals surface area (Å²) in [5.41, 5.74) is 1.46. The van der Waals surface area contributed by atoms with Gasteiger partial charge in [-0.25, -0.2) is 6.61 Å². The van der Waals surface area contributed by atoms with Crippen LogP contribution in [0.1, 0.15) is 18.9 Å². The van der Waals surface area contributed by atoms with Crippen LogP contribution in [-0.4, -0.2) is 5.44 Å². The van der Waals surface area contributed by atoms with Gasteiger partial charge in [0.2, 0.25) is 0 Å². The summed E-state index contributed by atoms with van der Waals surface area (Å²) in [6.07, 6.45) is 1.09. The number of hydrogen-bond acceptors (Lipinski definition) is 2. The molecule has 1 aromatic rings. The Morgan fingerprint density at radius 1 is 1.41 bits per heavy atom. The third kappa shape index (κ3) is 5.58. The van der Waals surface area contributed by atoms with Crippen molar-refractivity contribution in [3.63, 3.8) is 0 Å². The van der Waals surface area contributed by atoms with Crippen LogP contribution in [0.15, 0.2) is 18.2 Å². The fraction of sp³-hybridized carbons (Fsp3) is 0.417. The molecule has 0 spiro atoms. The van der Waals surface area contributed by atoms with Crippen molar-refractivity contribution in [2.24, 2.45) is 5.92 Å². The molecule has 0 N–H and O–H groups in total. The van der Waals surface area contributed by atoms with Gasteiger partial charge in [-0.15, -0.1) is 17.7 Å². The Morgan fingerprint density at radius 2 is 2.18 bits per heavy atom. The van der Waals surface area contributed by atoms with Gasteiger partial charge in [0, 0.05) is 5.75 Å². The summed E-state index contributed by atoms with van der Waals surface area (Å²) in [4.78, 5) is 0. The predicted octanol–water partition coefficient (Wildman–Crippen LogP) is 1.77. The average molecular weight is 409 g/mol. The molecule has 1 aliphatic heterocycles. The van der Waals surface area contributed by atoms with Crippen molar-refractivity contribution in [2.75, 3.05) is 0 Å². The summed E-state index contributed by atoms with van der Waals surface area (Å²) < 4.78 is 5.52. The molecule has 1 aromatic carbocycles. The standard InChI is InChI=1S/C12H13Cl2OS.Cs/c1-8-4-12(15-6-8)16-7-9-2-3-10(13)11(14)5-9;/h2-3,5-6,8,12H,4,7H2,1H3;/q-1;+1/t8-,12?;/m1./s1. The smallest absolute Gasteiger partial charge is 0.542 e. The van der Waals surface area contributed by atoms with E-state index in [-0.39, 0.29) is 74.3 Å². The largest absolute Gasteiger partial charge is 1.00 e. The minimum Gasteiger partial charge on any atom is -0.542 e. The molecular weight excluding hydrogens is 396 g/mol. The van der Waals surface area contributed by atoms with Gasteiger partial charge in [0.25, 0.3) is 0 Å². The van der Waals surface area contributed by atoms with Gasteiger partial charge in [-0.2, -0.15) is 0 Å². The van der Waals surface area contributed by atoms with Gasteiger partial charge in [0.05, 0.1) is 15.5 Å². The molecule has 0 aromatic heterocycles. The van der Waals surface area contributed by atoms with E-state index in [1.54, 1.807) is 11.8 Å². The maximum atomic E-state index is 5.95. The number of thioether (sulfide) groups is 1. The van der Waals surface area contributed by atoms with Gasteiger partial charge < -0.3 is 4.74 Å². The van der Waals surface area contributed by atoms with E-state index in [0.29, 0.717) is 16.0 Å². The number of hydrogen-bond donors (Lipinski definition) is 0. The first-order valence-electron chi connectivity index (χ1n) is 5.19. The maximum Gasteiger partial charge on any atom is 1.00 e. The zero-order valence-corrected chi connectivity index (χ0v) is 18.6. The Balaban J connectivity index is 0.00000144. The number of halogens is 2. The molecule has 0 radical (unpaired) electrons. The van der Waals surface area contributed by atoms with Crippen LogP contribution < -0.4 is 68.9 Å². The van der Waals surface area contributed by atoms with Gasteiger partial charge in [-0.1, -0.05) is 36.2 Å². The van der Waals surface area contributed by atoms with E-state index in [4.69, 9.17) is 27.9 Å². The summed E-state index contributed by atoms with van der Waals surface area (Å²) >= 11 is 13.6. The first-order chi connectivity index (χ1) is 7.65. The molecular formula is C12H13Cl2CsOS. The van der Waals surface area contributed by atoms with E-state index in [1.165, 1.54) is 5.56 Å². The molecule has 17 heavy (non-hydrogen) atoms. The van der Waals surface area contributed by atoms with E-state index in [0.717, 1.165) is 12.2 Å². The summed E-state index contributed by atoms with van der Waals surface area (Å²) in [7, 11) is 0. The zero-order valence-electron chi connectivity index (χ0n) is 9.95. The SMILES string of the molecule is C[C@H]1[CH-]OC(SCc2ccc(Cl)c(Cl)c2)C1.[Cs+]. The molecule has 0 aliphatic carbocycles. The second-order valence-corrected chi connectivity index (χ2v) is 5.94. The van der Waals surface area contributed by atoms with Crippen LogP contribution in [0.5, 0.6) is 0 Å². The van der Waals surface area contributed by atoms with Crippen LogP contribution in [0.3, 0.4) is 0 Å². The van der Waals surface area contributed by atoms with E-state index in [2.05, 4.69) is 6.92 Å². The Kier molecular flexibility index (Phi) is 8.56. The van der Waals surface area contributed by atoms with Crippen LogP contribution in [0.25, 0.3) is 0 Å². The molecule has 1 heterocycles. The molecule has 1 nitrogen and oxygen atoms in total.